The Kier molecular flexibility index (Phi) is 3.81. The summed E-state index contributed by atoms with van der Waals surface area (Å²) in [5, 5.41) is 11.6. The molecule has 1 aliphatic rings. The number of alkyl halides is 3. The van der Waals surface area contributed by atoms with Crippen molar-refractivity contribution in [1.82, 2.24) is 15.3 Å². The number of hydrogen-bond donors (Lipinski definition) is 3. The number of rotatable bonds is 2. The van der Waals surface area contributed by atoms with Crippen molar-refractivity contribution in [3.8, 4) is 0 Å². The van der Waals surface area contributed by atoms with Gasteiger partial charge in [0.15, 0.2) is 0 Å². The van der Waals surface area contributed by atoms with E-state index in [4.69, 9.17) is 11.6 Å². The first-order chi connectivity index (χ1) is 10.8. The molecule has 0 fully saturated rings. The highest BCUT2D eigenvalue weighted by atomic mass is 35.5. The van der Waals surface area contributed by atoms with Crippen LogP contribution in [0.4, 0.5) is 13.2 Å². The Morgan fingerprint density at radius 3 is 2.78 bits per heavy atom. The third-order valence-corrected chi connectivity index (χ3v) is 4.06. The summed E-state index contributed by atoms with van der Waals surface area (Å²) in [6.45, 7) is 0. The molecule has 9 heteroatoms. The van der Waals surface area contributed by atoms with Crippen LogP contribution in [0.1, 0.15) is 28.6 Å². The van der Waals surface area contributed by atoms with Crippen molar-refractivity contribution in [2.24, 2.45) is 0 Å². The van der Waals surface area contributed by atoms with Crippen molar-refractivity contribution in [2.75, 3.05) is 0 Å². The van der Waals surface area contributed by atoms with Crippen LogP contribution in [-0.4, -0.2) is 27.1 Å². The Bertz CT molecular complexity index is 760. The van der Waals surface area contributed by atoms with Gasteiger partial charge in [-0.2, -0.15) is 13.2 Å². The zero-order valence-corrected chi connectivity index (χ0v) is 12.2. The van der Waals surface area contributed by atoms with E-state index in [-0.39, 0.29) is 12.0 Å². The predicted octanol–water partition coefficient (Wildman–Crippen LogP) is 2.77. The summed E-state index contributed by atoms with van der Waals surface area (Å²) in [4.78, 5) is 18.2. The van der Waals surface area contributed by atoms with E-state index in [1.54, 1.807) is 0 Å². The summed E-state index contributed by atoms with van der Waals surface area (Å²) in [7, 11) is 0. The molecule has 1 aromatic carbocycles. The minimum Gasteiger partial charge on any atom is -0.480 e. The molecule has 5 nitrogen and oxygen atoms in total. The highest BCUT2D eigenvalue weighted by molar-refractivity contribution is 6.31. The molecule has 3 rings (SSSR count). The molecule has 0 saturated heterocycles. The first-order valence-electron chi connectivity index (χ1n) is 6.65. The van der Waals surface area contributed by atoms with Gasteiger partial charge in [-0.15, -0.1) is 0 Å². The van der Waals surface area contributed by atoms with Gasteiger partial charge in [-0.25, -0.2) is 4.98 Å². The molecule has 2 aromatic rings. The lowest BCUT2D eigenvalue weighted by Gasteiger charge is -2.28. The first kappa shape index (κ1) is 15.8. The number of carboxylic acid groups (broad SMARTS) is 1. The number of carboxylic acids is 1. The molecule has 1 aromatic heterocycles. The van der Waals surface area contributed by atoms with Gasteiger partial charge in [0.1, 0.15) is 6.04 Å². The summed E-state index contributed by atoms with van der Waals surface area (Å²) in [5.41, 5.74) is 0.358. The van der Waals surface area contributed by atoms with Crippen LogP contribution in [0.15, 0.2) is 24.5 Å². The second-order valence-corrected chi connectivity index (χ2v) is 5.61. The smallest absolute Gasteiger partial charge is 0.417 e. The summed E-state index contributed by atoms with van der Waals surface area (Å²) >= 11 is 5.62. The maximum atomic E-state index is 13.0. The van der Waals surface area contributed by atoms with E-state index in [0.29, 0.717) is 11.4 Å². The zero-order valence-electron chi connectivity index (χ0n) is 11.5. The zero-order chi connectivity index (χ0) is 16.8. The van der Waals surface area contributed by atoms with E-state index in [1.165, 1.54) is 12.4 Å². The minimum atomic E-state index is -4.59. The number of aromatic amines is 1. The Labute approximate surface area is 133 Å². The van der Waals surface area contributed by atoms with E-state index in [2.05, 4.69) is 15.3 Å². The lowest BCUT2D eigenvalue weighted by Crippen LogP contribution is -2.45. The number of nitrogens with zero attached hydrogens (tertiary/aromatic N) is 1. The summed E-state index contributed by atoms with van der Waals surface area (Å²) in [6.07, 6.45) is -3.02. The van der Waals surface area contributed by atoms with Gasteiger partial charge in [-0.1, -0.05) is 17.7 Å². The lowest BCUT2D eigenvalue weighted by atomic mass is 9.93. The van der Waals surface area contributed by atoms with Gasteiger partial charge in [-0.3, -0.25) is 10.1 Å². The largest absolute Gasteiger partial charge is 0.480 e. The minimum absolute atomic E-state index is 0.181. The fourth-order valence-electron chi connectivity index (χ4n) is 2.64. The average molecular weight is 346 g/mol. The van der Waals surface area contributed by atoms with Crippen LogP contribution in [-0.2, 0) is 17.4 Å². The summed E-state index contributed by atoms with van der Waals surface area (Å²) in [5.74, 6) is -1.08. The monoisotopic (exact) mass is 345 g/mol. The second kappa shape index (κ2) is 5.54. The number of aromatic nitrogens is 2. The molecule has 0 spiro atoms. The maximum Gasteiger partial charge on any atom is 0.417 e. The standard InChI is InChI=1S/C14H11ClF3N3O2/c15-8-2-1-6(3-7(8)14(16,17)18)11-12-9(19-5-20-12)4-10(21-11)13(22)23/h1-3,5,10-11,21H,4H2,(H,19,20)(H,22,23)/t10-,11-/m1/s1. The Hall–Kier alpha value is -2.06. The number of aliphatic carboxylic acids is 1. The van der Waals surface area contributed by atoms with Crippen LogP contribution >= 0.6 is 11.6 Å². The van der Waals surface area contributed by atoms with Crippen molar-refractivity contribution in [3.63, 3.8) is 0 Å². The van der Waals surface area contributed by atoms with E-state index in [1.807, 2.05) is 0 Å². The van der Waals surface area contributed by atoms with Crippen molar-refractivity contribution < 1.29 is 23.1 Å². The number of hydrogen-bond acceptors (Lipinski definition) is 3. The maximum absolute atomic E-state index is 13.0. The lowest BCUT2D eigenvalue weighted by molar-refractivity contribution is -0.140. The molecule has 23 heavy (non-hydrogen) atoms. The van der Waals surface area contributed by atoms with Gasteiger partial charge in [0.05, 0.1) is 28.6 Å². The van der Waals surface area contributed by atoms with Gasteiger partial charge in [0.2, 0.25) is 0 Å². The second-order valence-electron chi connectivity index (χ2n) is 5.20. The molecule has 2 heterocycles. The molecule has 2 atom stereocenters. The van der Waals surface area contributed by atoms with Gasteiger partial charge in [0.25, 0.3) is 0 Å². The molecule has 0 saturated carbocycles. The summed E-state index contributed by atoms with van der Waals surface area (Å²) < 4.78 is 39.0. The quantitative estimate of drug-likeness (QED) is 0.782. The van der Waals surface area contributed by atoms with Crippen LogP contribution < -0.4 is 5.32 Å². The third-order valence-electron chi connectivity index (χ3n) is 3.73. The number of fused-ring (bicyclic) bond motifs is 1. The van der Waals surface area contributed by atoms with Gasteiger partial charge >= 0.3 is 12.1 Å². The van der Waals surface area contributed by atoms with Crippen molar-refractivity contribution in [3.05, 3.63) is 52.1 Å². The van der Waals surface area contributed by atoms with Crippen LogP contribution in [0.2, 0.25) is 5.02 Å². The molecule has 122 valence electrons. The van der Waals surface area contributed by atoms with Crippen LogP contribution in [0.3, 0.4) is 0 Å². The molecule has 0 amide bonds. The highest BCUT2D eigenvalue weighted by Crippen LogP contribution is 2.38. The third kappa shape index (κ3) is 2.91. The molecule has 0 bridgehead atoms. The number of benzene rings is 1. The summed E-state index contributed by atoms with van der Waals surface area (Å²) in [6, 6.07) is 1.82. The fraction of sp³-hybridized carbons (Fsp3) is 0.286. The molecule has 0 unspecified atom stereocenters. The van der Waals surface area contributed by atoms with E-state index < -0.39 is 34.8 Å². The normalized spacial score (nSPS) is 21.0. The van der Waals surface area contributed by atoms with Crippen LogP contribution in [0.25, 0.3) is 0 Å². The number of H-pyrrole nitrogens is 1. The number of carbonyl (C=O) groups is 1. The Morgan fingerprint density at radius 1 is 1.39 bits per heavy atom. The molecular formula is C14H11ClF3N3O2. The van der Waals surface area contributed by atoms with Crippen molar-refractivity contribution >= 4 is 17.6 Å². The highest BCUT2D eigenvalue weighted by Gasteiger charge is 2.37. The number of imidazole rings is 1. The SMILES string of the molecule is O=C(O)[C@H]1Cc2[nH]cnc2[C@@H](c2ccc(Cl)c(C(F)(F)F)c2)N1. The fourth-order valence-corrected chi connectivity index (χ4v) is 2.86. The number of halogens is 4. The molecule has 0 radical (unpaired) electrons. The van der Waals surface area contributed by atoms with Crippen LogP contribution in [0.5, 0.6) is 0 Å². The van der Waals surface area contributed by atoms with Crippen molar-refractivity contribution in [1.29, 1.82) is 0 Å². The molecule has 1 aliphatic heterocycles. The van der Waals surface area contributed by atoms with E-state index in [0.717, 1.165) is 12.1 Å². The van der Waals surface area contributed by atoms with Crippen molar-refractivity contribution in [2.45, 2.75) is 24.7 Å². The van der Waals surface area contributed by atoms with E-state index >= 15 is 0 Å². The molecule has 3 N–H and O–H groups in total. The molecule has 0 aliphatic carbocycles. The topological polar surface area (TPSA) is 78.0 Å². The van der Waals surface area contributed by atoms with Gasteiger partial charge in [-0.05, 0) is 17.7 Å². The number of nitrogens with one attached hydrogen (secondary N) is 2. The average Bonchev–Trinajstić information content (AvgIpc) is 2.93. The van der Waals surface area contributed by atoms with Gasteiger partial charge < -0.3 is 10.1 Å². The predicted molar refractivity (Wildman–Crippen MR) is 75.1 cm³/mol. The molecular weight excluding hydrogens is 335 g/mol. The van der Waals surface area contributed by atoms with E-state index in [9.17, 15) is 23.1 Å². The van der Waals surface area contributed by atoms with Crippen LogP contribution in [0, 0.1) is 0 Å². The Balaban J connectivity index is 2.06. The first-order valence-corrected chi connectivity index (χ1v) is 7.03. The van der Waals surface area contributed by atoms with Gasteiger partial charge in [0, 0.05) is 12.1 Å². The Morgan fingerprint density at radius 2 is 2.13 bits per heavy atom.